The molecule has 92 valence electrons. The average molecular weight is 221 g/mol. The number of piperidine rings is 1. The molecule has 1 saturated heterocycles. The van der Waals surface area contributed by atoms with Crippen molar-refractivity contribution in [3.63, 3.8) is 0 Å². The largest absolute Gasteiger partial charge is 0.316 e. The molecule has 1 nitrogen and oxygen atoms in total. The normalized spacial score (nSPS) is 41.4. The molecule has 1 N–H and O–H groups in total. The zero-order chi connectivity index (χ0) is 11.0. The smallest absolute Gasteiger partial charge is 0.00124 e. The van der Waals surface area contributed by atoms with Gasteiger partial charge in [0.2, 0.25) is 0 Å². The van der Waals surface area contributed by atoms with Gasteiger partial charge < -0.3 is 5.32 Å². The van der Waals surface area contributed by atoms with Gasteiger partial charge in [-0.3, -0.25) is 0 Å². The van der Waals surface area contributed by atoms with E-state index in [1.807, 2.05) is 0 Å². The molecule has 1 heteroatoms. The fraction of sp³-hybridized carbons (Fsp3) is 1.00. The lowest BCUT2D eigenvalue weighted by molar-refractivity contribution is 0.0332. The van der Waals surface area contributed by atoms with E-state index in [0.29, 0.717) is 0 Å². The molecule has 0 aromatic heterocycles. The van der Waals surface area contributed by atoms with Gasteiger partial charge >= 0.3 is 0 Å². The van der Waals surface area contributed by atoms with Crippen molar-refractivity contribution in [3.8, 4) is 0 Å². The summed E-state index contributed by atoms with van der Waals surface area (Å²) in [6.07, 6.45) is 12.1. The Kier molecular flexibility index (Phi) is 2.99. The van der Waals surface area contributed by atoms with Crippen LogP contribution in [-0.4, -0.2) is 13.1 Å². The van der Waals surface area contributed by atoms with Crippen molar-refractivity contribution >= 4 is 0 Å². The Labute approximate surface area is 100 Å². The fourth-order valence-corrected chi connectivity index (χ4v) is 4.86. The quantitative estimate of drug-likeness (QED) is 0.768. The Morgan fingerprint density at radius 2 is 1.88 bits per heavy atom. The maximum absolute atomic E-state index is 3.68. The van der Waals surface area contributed by atoms with E-state index in [9.17, 15) is 0 Å². The van der Waals surface area contributed by atoms with Crippen LogP contribution in [0.15, 0.2) is 0 Å². The van der Waals surface area contributed by atoms with E-state index in [1.54, 1.807) is 0 Å². The van der Waals surface area contributed by atoms with Crippen LogP contribution in [0.4, 0.5) is 0 Å². The fourth-order valence-electron chi connectivity index (χ4n) is 4.86. The predicted octanol–water partition coefficient (Wildman–Crippen LogP) is 3.59. The molecular weight excluding hydrogens is 194 g/mol. The summed E-state index contributed by atoms with van der Waals surface area (Å²) in [7, 11) is 0. The molecule has 2 saturated carbocycles. The molecule has 2 atom stereocenters. The molecular formula is C15H27N. The van der Waals surface area contributed by atoms with Gasteiger partial charge in [0, 0.05) is 0 Å². The first-order chi connectivity index (χ1) is 7.87. The highest BCUT2D eigenvalue weighted by Gasteiger charge is 2.51. The minimum absolute atomic E-state index is 0.750. The van der Waals surface area contributed by atoms with Crippen molar-refractivity contribution in [1.82, 2.24) is 5.32 Å². The minimum atomic E-state index is 0.750. The molecule has 1 aliphatic heterocycles. The third kappa shape index (κ3) is 1.72. The molecule has 0 aromatic rings. The molecule has 2 aliphatic carbocycles. The zero-order valence-corrected chi connectivity index (χ0v) is 10.8. The predicted molar refractivity (Wildman–Crippen MR) is 68.4 cm³/mol. The molecule has 3 rings (SSSR count). The SMILES string of the molecule is CCC1(C2CC2)CCNCC1C1CCCC1. The molecule has 0 bridgehead atoms. The lowest BCUT2D eigenvalue weighted by Gasteiger charge is -2.48. The van der Waals surface area contributed by atoms with E-state index < -0.39 is 0 Å². The van der Waals surface area contributed by atoms with Crippen molar-refractivity contribution in [2.45, 2.75) is 58.3 Å². The minimum Gasteiger partial charge on any atom is -0.316 e. The van der Waals surface area contributed by atoms with Gasteiger partial charge in [-0.15, -0.1) is 0 Å². The Morgan fingerprint density at radius 1 is 1.12 bits per heavy atom. The number of hydrogen-bond donors (Lipinski definition) is 1. The van der Waals surface area contributed by atoms with Crippen LogP contribution in [0.25, 0.3) is 0 Å². The van der Waals surface area contributed by atoms with Crippen molar-refractivity contribution in [1.29, 1.82) is 0 Å². The van der Waals surface area contributed by atoms with Crippen molar-refractivity contribution in [3.05, 3.63) is 0 Å². The van der Waals surface area contributed by atoms with Crippen LogP contribution in [0.1, 0.15) is 58.3 Å². The molecule has 0 aromatic carbocycles. The van der Waals surface area contributed by atoms with Crippen LogP contribution in [0.2, 0.25) is 0 Å². The maximum Gasteiger partial charge on any atom is -0.00124 e. The van der Waals surface area contributed by atoms with Crippen LogP contribution in [0, 0.1) is 23.2 Å². The Hall–Kier alpha value is -0.0400. The second kappa shape index (κ2) is 4.33. The van der Waals surface area contributed by atoms with Crippen molar-refractivity contribution < 1.29 is 0 Å². The molecule has 3 fully saturated rings. The summed E-state index contributed by atoms with van der Waals surface area (Å²) in [6.45, 7) is 5.08. The van der Waals surface area contributed by atoms with E-state index in [0.717, 1.165) is 23.2 Å². The van der Waals surface area contributed by atoms with E-state index in [2.05, 4.69) is 12.2 Å². The summed E-state index contributed by atoms with van der Waals surface area (Å²) in [4.78, 5) is 0. The highest BCUT2D eigenvalue weighted by molar-refractivity contribution is 5.02. The summed E-state index contributed by atoms with van der Waals surface area (Å²) in [5.41, 5.74) is 0.750. The lowest BCUT2D eigenvalue weighted by atomic mass is 9.61. The Morgan fingerprint density at radius 3 is 2.50 bits per heavy atom. The zero-order valence-electron chi connectivity index (χ0n) is 10.8. The van der Waals surface area contributed by atoms with E-state index >= 15 is 0 Å². The topological polar surface area (TPSA) is 12.0 Å². The van der Waals surface area contributed by atoms with Gasteiger partial charge in [0.05, 0.1) is 0 Å². The molecule has 2 unspecified atom stereocenters. The van der Waals surface area contributed by atoms with E-state index in [1.165, 1.54) is 64.5 Å². The third-order valence-corrected chi connectivity index (χ3v) is 5.89. The van der Waals surface area contributed by atoms with Crippen LogP contribution in [0.3, 0.4) is 0 Å². The summed E-state index contributed by atoms with van der Waals surface area (Å²) in [6, 6.07) is 0. The summed E-state index contributed by atoms with van der Waals surface area (Å²) in [5, 5.41) is 3.68. The summed E-state index contributed by atoms with van der Waals surface area (Å²) in [5.74, 6) is 3.18. The Bertz CT molecular complexity index is 240. The van der Waals surface area contributed by atoms with Gasteiger partial charge in [-0.1, -0.05) is 32.6 Å². The number of rotatable bonds is 3. The number of hydrogen-bond acceptors (Lipinski definition) is 1. The van der Waals surface area contributed by atoms with Crippen molar-refractivity contribution in [2.24, 2.45) is 23.2 Å². The Balaban J connectivity index is 1.80. The third-order valence-electron chi connectivity index (χ3n) is 5.89. The first-order valence-corrected chi connectivity index (χ1v) is 7.57. The lowest BCUT2D eigenvalue weighted by Crippen LogP contribution is -2.49. The maximum atomic E-state index is 3.68. The molecule has 0 radical (unpaired) electrons. The van der Waals surface area contributed by atoms with Gasteiger partial charge in [-0.2, -0.15) is 0 Å². The van der Waals surface area contributed by atoms with Crippen LogP contribution in [-0.2, 0) is 0 Å². The first-order valence-electron chi connectivity index (χ1n) is 7.57. The monoisotopic (exact) mass is 221 g/mol. The molecule has 0 amide bonds. The van der Waals surface area contributed by atoms with Crippen molar-refractivity contribution in [2.75, 3.05) is 13.1 Å². The second-order valence-electron chi connectivity index (χ2n) is 6.47. The van der Waals surface area contributed by atoms with Gasteiger partial charge in [-0.05, 0) is 61.9 Å². The molecule has 1 heterocycles. The highest BCUT2D eigenvalue weighted by Crippen LogP contribution is 2.58. The van der Waals surface area contributed by atoms with Crippen LogP contribution < -0.4 is 5.32 Å². The molecule has 3 aliphatic rings. The van der Waals surface area contributed by atoms with Crippen LogP contribution >= 0.6 is 0 Å². The van der Waals surface area contributed by atoms with E-state index in [4.69, 9.17) is 0 Å². The molecule has 0 spiro atoms. The summed E-state index contributed by atoms with van der Waals surface area (Å²) >= 11 is 0. The van der Waals surface area contributed by atoms with E-state index in [-0.39, 0.29) is 0 Å². The standard InChI is InChI=1S/C15H27N/c1-2-15(13-7-8-13)9-10-16-11-14(15)12-5-3-4-6-12/h12-14,16H,2-11H2,1H3. The van der Waals surface area contributed by atoms with Gasteiger partial charge in [-0.25, -0.2) is 0 Å². The average Bonchev–Trinajstić information content (AvgIpc) is 3.06. The second-order valence-corrected chi connectivity index (χ2v) is 6.47. The van der Waals surface area contributed by atoms with Gasteiger partial charge in [0.25, 0.3) is 0 Å². The van der Waals surface area contributed by atoms with Gasteiger partial charge in [0.1, 0.15) is 0 Å². The van der Waals surface area contributed by atoms with Gasteiger partial charge in [0.15, 0.2) is 0 Å². The van der Waals surface area contributed by atoms with Crippen LogP contribution in [0.5, 0.6) is 0 Å². The number of nitrogens with one attached hydrogen (secondary N) is 1. The molecule has 16 heavy (non-hydrogen) atoms. The highest BCUT2D eigenvalue weighted by atomic mass is 14.9. The first kappa shape index (κ1) is 11.1. The summed E-state index contributed by atoms with van der Waals surface area (Å²) < 4.78 is 0.